The second-order valence-electron chi connectivity index (χ2n) is 6.42. The van der Waals surface area contributed by atoms with Gasteiger partial charge in [-0.25, -0.2) is 0 Å². The van der Waals surface area contributed by atoms with E-state index in [1.54, 1.807) is 0 Å². The van der Waals surface area contributed by atoms with Crippen LogP contribution in [0.5, 0.6) is 0 Å². The maximum atomic E-state index is 8.85. The summed E-state index contributed by atoms with van der Waals surface area (Å²) in [5.74, 6) is 0.524. The van der Waals surface area contributed by atoms with Crippen LogP contribution in [-0.2, 0) is 13.1 Å². The third kappa shape index (κ3) is 4.71. The van der Waals surface area contributed by atoms with Gasteiger partial charge in [-0.1, -0.05) is 79.9 Å². The summed E-state index contributed by atoms with van der Waals surface area (Å²) in [7, 11) is 0. The average molecular weight is 294 g/mol. The standard InChI is InChI=1S/C21H27N/c1-4-10-19(11-5-1)16-22(17-20-12-6-2-7-13-20)18-21-14-8-3-9-15-21/h1-2,4-7,10-13,21H,3,8-9,14-18H2/i18D. The molecule has 116 valence electrons. The van der Waals surface area contributed by atoms with Crippen LogP contribution >= 0.6 is 0 Å². The highest BCUT2D eigenvalue weighted by atomic mass is 15.1. The summed E-state index contributed by atoms with van der Waals surface area (Å²) >= 11 is 0. The third-order valence-electron chi connectivity index (χ3n) is 4.53. The van der Waals surface area contributed by atoms with E-state index in [9.17, 15) is 0 Å². The van der Waals surface area contributed by atoms with E-state index < -0.39 is 0 Å². The Hall–Kier alpha value is -1.60. The molecule has 2 aromatic rings. The second-order valence-corrected chi connectivity index (χ2v) is 6.42. The Morgan fingerprint density at radius 3 is 1.77 bits per heavy atom. The molecular weight excluding hydrogens is 266 g/mol. The van der Waals surface area contributed by atoms with E-state index in [1.165, 1.54) is 43.2 Å². The van der Waals surface area contributed by atoms with E-state index in [2.05, 4.69) is 65.6 Å². The molecular formula is C21H27N. The SMILES string of the molecule is [2H]C(C1CCCCC1)N(Cc1ccccc1)Cc1ccccc1. The third-order valence-corrected chi connectivity index (χ3v) is 4.53. The maximum absolute atomic E-state index is 8.85. The highest BCUT2D eigenvalue weighted by Gasteiger charge is 2.17. The van der Waals surface area contributed by atoms with Crippen LogP contribution < -0.4 is 0 Å². The molecule has 2 aromatic carbocycles. The zero-order valence-electron chi connectivity index (χ0n) is 14.3. The summed E-state index contributed by atoms with van der Waals surface area (Å²) in [4.78, 5) is 2.35. The van der Waals surface area contributed by atoms with E-state index >= 15 is 0 Å². The molecule has 0 bridgehead atoms. The van der Waals surface area contributed by atoms with Crippen molar-refractivity contribution < 1.29 is 1.37 Å². The summed E-state index contributed by atoms with van der Waals surface area (Å²) in [6.45, 7) is 1.62. The van der Waals surface area contributed by atoms with Gasteiger partial charge >= 0.3 is 0 Å². The molecule has 1 saturated carbocycles. The normalized spacial score (nSPS) is 18.1. The van der Waals surface area contributed by atoms with Crippen LogP contribution in [0.15, 0.2) is 60.7 Å². The highest BCUT2D eigenvalue weighted by Crippen LogP contribution is 2.25. The van der Waals surface area contributed by atoms with Crippen molar-refractivity contribution in [2.75, 3.05) is 6.52 Å². The van der Waals surface area contributed by atoms with Crippen molar-refractivity contribution in [3.8, 4) is 0 Å². The van der Waals surface area contributed by atoms with Crippen LogP contribution in [0, 0.1) is 5.92 Å². The zero-order valence-corrected chi connectivity index (χ0v) is 13.3. The van der Waals surface area contributed by atoms with Crippen LogP contribution in [0.3, 0.4) is 0 Å². The van der Waals surface area contributed by atoms with Gasteiger partial charge in [0, 0.05) is 21.0 Å². The first-order chi connectivity index (χ1) is 11.3. The van der Waals surface area contributed by atoms with Gasteiger partial charge in [-0.15, -0.1) is 0 Å². The van der Waals surface area contributed by atoms with Gasteiger partial charge in [0.1, 0.15) is 0 Å². The molecule has 0 spiro atoms. The fraction of sp³-hybridized carbons (Fsp3) is 0.429. The van der Waals surface area contributed by atoms with Crippen molar-refractivity contribution in [1.29, 1.82) is 0 Å². The van der Waals surface area contributed by atoms with Crippen molar-refractivity contribution in [1.82, 2.24) is 4.90 Å². The molecule has 1 nitrogen and oxygen atoms in total. The maximum Gasteiger partial charge on any atom is 0.0434 e. The molecule has 1 heteroatoms. The van der Waals surface area contributed by atoms with E-state index in [0.29, 0.717) is 5.92 Å². The van der Waals surface area contributed by atoms with Crippen LogP contribution in [-0.4, -0.2) is 11.4 Å². The lowest BCUT2D eigenvalue weighted by Crippen LogP contribution is -2.30. The quantitative estimate of drug-likeness (QED) is 0.701. The van der Waals surface area contributed by atoms with E-state index in [-0.39, 0.29) is 6.52 Å². The molecule has 0 aliphatic heterocycles. The summed E-state index contributed by atoms with van der Waals surface area (Å²) in [5, 5.41) is 0. The molecule has 0 amide bonds. The van der Waals surface area contributed by atoms with Gasteiger partial charge in [-0.05, 0) is 29.9 Å². The van der Waals surface area contributed by atoms with Crippen LogP contribution in [0.25, 0.3) is 0 Å². The van der Waals surface area contributed by atoms with Crippen LogP contribution in [0.2, 0.25) is 0 Å². The van der Waals surface area contributed by atoms with Crippen molar-refractivity contribution in [3.05, 3.63) is 71.8 Å². The van der Waals surface area contributed by atoms with Crippen LogP contribution in [0.1, 0.15) is 44.6 Å². The second kappa shape index (κ2) is 8.14. The first-order valence-corrected chi connectivity index (χ1v) is 8.57. The summed E-state index contributed by atoms with van der Waals surface area (Å²) in [6, 6.07) is 21.2. The molecule has 0 saturated heterocycles. The predicted octanol–water partition coefficient (Wildman–Crippen LogP) is 5.27. The smallest absolute Gasteiger partial charge is 0.0434 e. The zero-order chi connectivity index (χ0) is 15.9. The molecule has 0 N–H and O–H groups in total. The Balaban J connectivity index is 1.74. The largest absolute Gasteiger partial charge is 0.295 e. The molecule has 1 aliphatic rings. The van der Waals surface area contributed by atoms with Crippen molar-refractivity contribution in [2.45, 2.75) is 45.2 Å². The van der Waals surface area contributed by atoms with E-state index in [4.69, 9.17) is 1.37 Å². The molecule has 1 unspecified atom stereocenters. The Bertz CT molecular complexity index is 521. The lowest BCUT2D eigenvalue weighted by Gasteiger charge is -2.30. The number of nitrogens with zero attached hydrogens (tertiary/aromatic N) is 1. The minimum atomic E-state index is -0.101. The monoisotopic (exact) mass is 294 g/mol. The Morgan fingerprint density at radius 1 is 0.773 bits per heavy atom. The molecule has 0 radical (unpaired) electrons. The van der Waals surface area contributed by atoms with Gasteiger partial charge in [-0.3, -0.25) is 4.90 Å². The van der Waals surface area contributed by atoms with Gasteiger partial charge < -0.3 is 0 Å². The van der Waals surface area contributed by atoms with E-state index in [0.717, 1.165) is 13.1 Å². The highest BCUT2D eigenvalue weighted by molar-refractivity contribution is 5.17. The Kier molecular flexibility index (Phi) is 5.19. The summed E-state index contributed by atoms with van der Waals surface area (Å²) in [5.41, 5.74) is 2.60. The summed E-state index contributed by atoms with van der Waals surface area (Å²) in [6.07, 6.45) is 6.37. The van der Waals surface area contributed by atoms with Gasteiger partial charge in [0.05, 0.1) is 0 Å². The van der Waals surface area contributed by atoms with Crippen molar-refractivity contribution >= 4 is 0 Å². The van der Waals surface area contributed by atoms with Gasteiger partial charge in [-0.2, -0.15) is 0 Å². The van der Waals surface area contributed by atoms with Crippen molar-refractivity contribution in [3.63, 3.8) is 0 Å². The number of rotatable bonds is 6. The molecule has 1 atom stereocenters. The minimum Gasteiger partial charge on any atom is -0.295 e. The minimum absolute atomic E-state index is 0.101. The fourth-order valence-corrected chi connectivity index (χ4v) is 3.38. The first-order valence-electron chi connectivity index (χ1n) is 9.15. The molecule has 3 rings (SSSR count). The topological polar surface area (TPSA) is 3.24 Å². The fourth-order valence-electron chi connectivity index (χ4n) is 3.38. The lowest BCUT2D eigenvalue weighted by atomic mass is 9.89. The molecule has 1 fully saturated rings. The van der Waals surface area contributed by atoms with Gasteiger partial charge in [0.2, 0.25) is 0 Å². The first kappa shape index (κ1) is 14.0. The number of benzene rings is 2. The van der Waals surface area contributed by atoms with Crippen LogP contribution in [0.4, 0.5) is 0 Å². The lowest BCUT2D eigenvalue weighted by molar-refractivity contribution is 0.187. The van der Waals surface area contributed by atoms with Gasteiger partial charge in [0.15, 0.2) is 0 Å². The number of hydrogen-bond acceptors (Lipinski definition) is 1. The van der Waals surface area contributed by atoms with Crippen molar-refractivity contribution in [2.24, 2.45) is 5.92 Å². The predicted molar refractivity (Wildman–Crippen MR) is 93.6 cm³/mol. The molecule has 0 heterocycles. The molecule has 0 aromatic heterocycles. The summed E-state index contributed by atoms with van der Waals surface area (Å²) < 4.78 is 8.85. The Labute approximate surface area is 136 Å². The number of hydrogen-bond donors (Lipinski definition) is 0. The average Bonchev–Trinajstić information content (AvgIpc) is 2.63. The Morgan fingerprint density at radius 2 is 1.27 bits per heavy atom. The molecule has 1 aliphatic carbocycles. The van der Waals surface area contributed by atoms with E-state index in [1.807, 2.05) is 0 Å². The molecule has 22 heavy (non-hydrogen) atoms. The van der Waals surface area contributed by atoms with Gasteiger partial charge in [0.25, 0.3) is 0 Å².